The molecule has 18 heavy (non-hydrogen) atoms. The highest BCUT2D eigenvalue weighted by Gasteiger charge is 2.10. The molecule has 0 radical (unpaired) electrons. The maximum atomic E-state index is 13.1. The molecule has 0 saturated carbocycles. The van der Waals surface area contributed by atoms with Crippen LogP contribution in [-0.4, -0.2) is 6.54 Å². The van der Waals surface area contributed by atoms with Crippen LogP contribution in [0.1, 0.15) is 17.2 Å². The number of nitrogens with two attached hydrogens (primary N) is 1. The summed E-state index contributed by atoms with van der Waals surface area (Å²) in [6, 6.07) is 16.2. The first kappa shape index (κ1) is 12.7. The third-order valence-electron chi connectivity index (χ3n) is 2.73. The third-order valence-corrected chi connectivity index (χ3v) is 2.73. The van der Waals surface area contributed by atoms with Crippen molar-refractivity contribution in [3.05, 3.63) is 71.5 Å². The normalized spacial score (nSPS) is 12.3. The van der Waals surface area contributed by atoms with Crippen LogP contribution in [0.3, 0.4) is 0 Å². The molecule has 0 bridgehead atoms. The lowest BCUT2D eigenvalue weighted by molar-refractivity contribution is 0.0454. The van der Waals surface area contributed by atoms with Gasteiger partial charge in [0, 0.05) is 6.54 Å². The Balaban J connectivity index is 2.02. The van der Waals surface area contributed by atoms with E-state index in [0.29, 0.717) is 13.2 Å². The van der Waals surface area contributed by atoms with Gasteiger partial charge in [-0.1, -0.05) is 42.5 Å². The molecule has 0 aliphatic heterocycles. The Labute approximate surface area is 106 Å². The van der Waals surface area contributed by atoms with Crippen molar-refractivity contribution in [2.45, 2.75) is 12.7 Å². The topological polar surface area (TPSA) is 35.2 Å². The molecule has 0 aliphatic carbocycles. The Morgan fingerprint density at radius 2 is 1.83 bits per heavy atom. The van der Waals surface area contributed by atoms with Gasteiger partial charge in [0.2, 0.25) is 0 Å². The summed E-state index contributed by atoms with van der Waals surface area (Å²) in [5.74, 6) is -0.269. The van der Waals surface area contributed by atoms with E-state index in [1.807, 2.05) is 36.4 Å². The van der Waals surface area contributed by atoms with Gasteiger partial charge in [0.1, 0.15) is 5.82 Å². The molecular weight excluding hydrogens is 229 g/mol. The van der Waals surface area contributed by atoms with Crippen molar-refractivity contribution in [3.63, 3.8) is 0 Å². The van der Waals surface area contributed by atoms with E-state index in [9.17, 15) is 4.39 Å². The van der Waals surface area contributed by atoms with E-state index in [1.165, 1.54) is 12.1 Å². The van der Waals surface area contributed by atoms with Crippen LogP contribution in [0.2, 0.25) is 0 Å². The van der Waals surface area contributed by atoms with Crippen LogP contribution in [0.5, 0.6) is 0 Å². The number of benzene rings is 2. The third kappa shape index (κ3) is 3.39. The number of rotatable bonds is 5. The zero-order valence-electron chi connectivity index (χ0n) is 10.1. The van der Waals surface area contributed by atoms with Gasteiger partial charge in [0.05, 0.1) is 12.7 Å². The first-order valence-electron chi connectivity index (χ1n) is 5.90. The monoisotopic (exact) mass is 245 g/mol. The Morgan fingerprint density at radius 3 is 2.50 bits per heavy atom. The summed E-state index contributed by atoms with van der Waals surface area (Å²) >= 11 is 0. The van der Waals surface area contributed by atoms with Crippen LogP contribution >= 0.6 is 0 Å². The summed E-state index contributed by atoms with van der Waals surface area (Å²) in [5, 5.41) is 0. The van der Waals surface area contributed by atoms with Crippen molar-refractivity contribution in [3.8, 4) is 0 Å². The Kier molecular flexibility index (Phi) is 4.45. The predicted octanol–water partition coefficient (Wildman–Crippen LogP) is 3.04. The summed E-state index contributed by atoms with van der Waals surface area (Å²) < 4.78 is 18.9. The Hall–Kier alpha value is -1.71. The molecule has 2 rings (SSSR count). The fourth-order valence-electron chi connectivity index (χ4n) is 1.78. The van der Waals surface area contributed by atoms with Gasteiger partial charge < -0.3 is 10.5 Å². The highest BCUT2D eigenvalue weighted by atomic mass is 19.1. The minimum Gasteiger partial charge on any atom is -0.368 e. The lowest BCUT2D eigenvalue weighted by Crippen LogP contribution is -2.16. The van der Waals surface area contributed by atoms with Gasteiger partial charge in [-0.25, -0.2) is 4.39 Å². The zero-order valence-corrected chi connectivity index (χ0v) is 10.1. The molecule has 3 heteroatoms. The van der Waals surface area contributed by atoms with Crippen LogP contribution < -0.4 is 5.73 Å². The van der Waals surface area contributed by atoms with E-state index in [4.69, 9.17) is 10.5 Å². The number of hydrogen-bond donors (Lipinski definition) is 1. The molecule has 0 spiro atoms. The number of hydrogen-bond acceptors (Lipinski definition) is 2. The van der Waals surface area contributed by atoms with Gasteiger partial charge in [-0.15, -0.1) is 0 Å². The highest BCUT2D eigenvalue weighted by Crippen LogP contribution is 2.18. The highest BCUT2D eigenvalue weighted by molar-refractivity contribution is 5.19. The van der Waals surface area contributed by atoms with Gasteiger partial charge >= 0.3 is 0 Å². The summed E-state index contributed by atoms with van der Waals surface area (Å²) in [5.41, 5.74) is 7.52. The van der Waals surface area contributed by atoms with Crippen molar-refractivity contribution in [1.82, 2.24) is 0 Å². The maximum absolute atomic E-state index is 13.1. The molecule has 94 valence electrons. The van der Waals surface area contributed by atoms with Crippen LogP contribution in [0.25, 0.3) is 0 Å². The van der Waals surface area contributed by atoms with Crippen molar-refractivity contribution in [2.24, 2.45) is 5.73 Å². The minimum absolute atomic E-state index is 0.269. The van der Waals surface area contributed by atoms with Gasteiger partial charge in [-0.3, -0.25) is 0 Å². The quantitative estimate of drug-likeness (QED) is 0.878. The lowest BCUT2D eigenvalue weighted by Gasteiger charge is -2.16. The summed E-state index contributed by atoms with van der Waals surface area (Å²) in [4.78, 5) is 0. The van der Waals surface area contributed by atoms with Crippen molar-refractivity contribution in [1.29, 1.82) is 0 Å². The molecule has 2 aromatic carbocycles. The molecule has 2 N–H and O–H groups in total. The summed E-state index contributed by atoms with van der Waals surface area (Å²) in [7, 11) is 0. The maximum Gasteiger partial charge on any atom is 0.123 e. The van der Waals surface area contributed by atoms with Crippen LogP contribution in [0, 0.1) is 5.82 Å². The number of halogens is 1. The zero-order chi connectivity index (χ0) is 12.8. The summed E-state index contributed by atoms with van der Waals surface area (Å²) in [6.45, 7) is 0.801. The SMILES string of the molecule is NCC(OCc1ccccc1)c1cccc(F)c1. The average molecular weight is 245 g/mol. The van der Waals surface area contributed by atoms with E-state index in [1.54, 1.807) is 6.07 Å². The molecule has 0 aromatic heterocycles. The van der Waals surface area contributed by atoms with Crippen molar-refractivity contribution >= 4 is 0 Å². The van der Waals surface area contributed by atoms with Crippen LogP contribution in [-0.2, 0) is 11.3 Å². The lowest BCUT2D eigenvalue weighted by atomic mass is 10.1. The second-order valence-electron chi connectivity index (χ2n) is 4.08. The van der Waals surface area contributed by atoms with E-state index >= 15 is 0 Å². The Morgan fingerprint density at radius 1 is 1.06 bits per heavy atom. The smallest absolute Gasteiger partial charge is 0.123 e. The molecule has 0 heterocycles. The van der Waals surface area contributed by atoms with E-state index in [-0.39, 0.29) is 11.9 Å². The molecule has 0 aliphatic rings. The predicted molar refractivity (Wildman–Crippen MR) is 69.4 cm³/mol. The molecule has 1 atom stereocenters. The second-order valence-corrected chi connectivity index (χ2v) is 4.08. The molecular formula is C15H16FNO. The van der Waals surface area contributed by atoms with Gasteiger partial charge in [-0.05, 0) is 23.3 Å². The number of ether oxygens (including phenoxy) is 1. The molecule has 2 nitrogen and oxygen atoms in total. The summed E-state index contributed by atoms with van der Waals surface area (Å²) in [6.07, 6.45) is -0.277. The standard InChI is InChI=1S/C15H16FNO/c16-14-8-4-7-13(9-14)15(10-17)18-11-12-5-2-1-3-6-12/h1-9,15H,10-11,17H2. The molecule has 0 amide bonds. The van der Waals surface area contributed by atoms with E-state index in [0.717, 1.165) is 11.1 Å². The minimum atomic E-state index is -0.277. The van der Waals surface area contributed by atoms with Gasteiger partial charge in [-0.2, -0.15) is 0 Å². The van der Waals surface area contributed by atoms with E-state index < -0.39 is 0 Å². The molecule has 0 saturated heterocycles. The average Bonchev–Trinajstić information content (AvgIpc) is 2.41. The molecule has 0 fully saturated rings. The fraction of sp³-hybridized carbons (Fsp3) is 0.200. The molecule has 2 aromatic rings. The van der Waals surface area contributed by atoms with Crippen LogP contribution in [0.4, 0.5) is 4.39 Å². The van der Waals surface area contributed by atoms with Crippen LogP contribution in [0.15, 0.2) is 54.6 Å². The van der Waals surface area contributed by atoms with E-state index in [2.05, 4.69) is 0 Å². The second kappa shape index (κ2) is 6.28. The largest absolute Gasteiger partial charge is 0.368 e. The Bertz CT molecular complexity index is 487. The first-order chi connectivity index (χ1) is 8.79. The van der Waals surface area contributed by atoms with Crippen molar-refractivity contribution in [2.75, 3.05) is 6.54 Å². The van der Waals surface area contributed by atoms with Gasteiger partial charge in [0.15, 0.2) is 0 Å². The fourth-order valence-corrected chi connectivity index (χ4v) is 1.78. The molecule has 1 unspecified atom stereocenters. The van der Waals surface area contributed by atoms with Crippen molar-refractivity contribution < 1.29 is 9.13 Å². The van der Waals surface area contributed by atoms with Gasteiger partial charge in [0.25, 0.3) is 0 Å². The first-order valence-corrected chi connectivity index (χ1v) is 5.90.